The van der Waals surface area contributed by atoms with Crippen molar-refractivity contribution in [3.05, 3.63) is 46.7 Å². The van der Waals surface area contributed by atoms with Gasteiger partial charge in [-0.25, -0.2) is 4.79 Å². The molecule has 0 radical (unpaired) electrons. The monoisotopic (exact) mass is 355 g/mol. The van der Waals surface area contributed by atoms with Crippen molar-refractivity contribution in [3.8, 4) is 0 Å². The zero-order chi connectivity index (χ0) is 18.1. The molecule has 1 atom stereocenters. The minimum Gasteiger partial charge on any atom is -0.469 e. The second kappa shape index (κ2) is 7.14. The Balaban J connectivity index is 1.49. The number of ether oxygens (including phenoxy) is 1. The Bertz CT molecular complexity index is 796. The summed E-state index contributed by atoms with van der Waals surface area (Å²) in [5, 5.41) is 0. The largest absolute Gasteiger partial charge is 0.469 e. The van der Waals surface area contributed by atoms with Gasteiger partial charge in [0.2, 0.25) is 0 Å². The number of aromatic amines is 1. The van der Waals surface area contributed by atoms with Crippen LogP contribution in [0.25, 0.3) is 0 Å². The molecule has 2 aromatic rings. The van der Waals surface area contributed by atoms with E-state index in [1.54, 1.807) is 6.26 Å². The van der Waals surface area contributed by atoms with Crippen LogP contribution in [-0.2, 0) is 11.2 Å². The highest BCUT2D eigenvalue weighted by molar-refractivity contribution is 6.03. The van der Waals surface area contributed by atoms with Crippen LogP contribution >= 0.6 is 0 Å². The minimum atomic E-state index is -0.343. The van der Waals surface area contributed by atoms with Crippen LogP contribution in [-0.4, -0.2) is 23.3 Å². The van der Waals surface area contributed by atoms with E-state index >= 15 is 0 Å². The summed E-state index contributed by atoms with van der Waals surface area (Å²) in [6, 6.07) is 3.74. The first kappa shape index (κ1) is 17.1. The van der Waals surface area contributed by atoms with E-state index in [4.69, 9.17) is 9.15 Å². The third kappa shape index (κ3) is 3.22. The quantitative estimate of drug-likeness (QED) is 0.816. The molecule has 26 heavy (non-hydrogen) atoms. The topological polar surface area (TPSA) is 72.3 Å². The van der Waals surface area contributed by atoms with Gasteiger partial charge in [0.15, 0.2) is 5.78 Å². The van der Waals surface area contributed by atoms with Gasteiger partial charge < -0.3 is 14.1 Å². The van der Waals surface area contributed by atoms with E-state index in [0.717, 1.165) is 29.9 Å². The van der Waals surface area contributed by atoms with Gasteiger partial charge in [0.05, 0.1) is 12.9 Å². The summed E-state index contributed by atoms with van der Waals surface area (Å²) in [4.78, 5) is 28.4. The standard InChI is InChI=1S/C21H25NO4/c1-13-19-16(10-15(11-17(19)23)18-8-5-9-25-18)22-20(13)21(24)26-12-14-6-3-2-4-7-14/h5,8-9,14-15,22H,2-4,6-7,10-12H2,1H3. The van der Waals surface area contributed by atoms with Crippen molar-refractivity contribution in [1.29, 1.82) is 0 Å². The van der Waals surface area contributed by atoms with Gasteiger partial charge in [-0.3, -0.25) is 4.79 Å². The molecule has 2 aliphatic carbocycles. The van der Waals surface area contributed by atoms with Gasteiger partial charge >= 0.3 is 5.97 Å². The van der Waals surface area contributed by atoms with Gasteiger partial charge in [-0.2, -0.15) is 0 Å². The number of rotatable bonds is 4. The zero-order valence-corrected chi connectivity index (χ0v) is 15.2. The summed E-state index contributed by atoms with van der Waals surface area (Å²) in [5.41, 5.74) is 2.64. The summed E-state index contributed by atoms with van der Waals surface area (Å²) in [6.07, 6.45) is 8.71. The summed E-state index contributed by atoms with van der Waals surface area (Å²) in [6.45, 7) is 2.31. The number of hydrogen-bond donors (Lipinski definition) is 1. The van der Waals surface area contributed by atoms with E-state index < -0.39 is 0 Å². The third-order valence-corrected chi connectivity index (χ3v) is 5.81. The number of carbonyl (C=O) groups is 2. The summed E-state index contributed by atoms with van der Waals surface area (Å²) >= 11 is 0. The molecule has 0 amide bonds. The lowest BCUT2D eigenvalue weighted by Gasteiger charge is -2.20. The Labute approximate surface area is 153 Å². The van der Waals surface area contributed by atoms with E-state index in [-0.39, 0.29) is 17.7 Å². The molecule has 0 saturated heterocycles. The second-order valence-corrected chi connectivity index (χ2v) is 7.62. The Hall–Kier alpha value is -2.30. The van der Waals surface area contributed by atoms with Crippen LogP contribution in [0.2, 0.25) is 0 Å². The molecule has 1 N–H and O–H groups in total. The number of esters is 1. The highest BCUT2D eigenvalue weighted by Crippen LogP contribution is 2.35. The van der Waals surface area contributed by atoms with Crippen molar-refractivity contribution in [2.45, 2.75) is 57.8 Å². The van der Waals surface area contributed by atoms with Crippen LogP contribution < -0.4 is 0 Å². The lowest BCUT2D eigenvalue weighted by atomic mass is 9.84. The van der Waals surface area contributed by atoms with Crippen molar-refractivity contribution < 1.29 is 18.7 Å². The maximum absolute atomic E-state index is 12.6. The molecule has 5 nitrogen and oxygen atoms in total. The molecule has 0 aromatic carbocycles. The van der Waals surface area contributed by atoms with Gasteiger partial charge in [-0.1, -0.05) is 19.3 Å². The molecule has 5 heteroatoms. The van der Waals surface area contributed by atoms with E-state index in [1.807, 2.05) is 19.1 Å². The first-order chi connectivity index (χ1) is 12.6. The maximum atomic E-state index is 12.6. The van der Waals surface area contributed by atoms with Crippen LogP contribution in [0.1, 0.15) is 82.3 Å². The molecule has 0 spiro atoms. The van der Waals surface area contributed by atoms with Crippen molar-refractivity contribution in [3.63, 3.8) is 0 Å². The zero-order valence-electron chi connectivity index (χ0n) is 15.2. The molecule has 4 rings (SSSR count). The number of ketones is 1. The predicted molar refractivity (Wildman–Crippen MR) is 96.5 cm³/mol. The fourth-order valence-electron chi connectivity index (χ4n) is 4.38. The van der Waals surface area contributed by atoms with Crippen LogP contribution in [0.15, 0.2) is 22.8 Å². The van der Waals surface area contributed by atoms with E-state index in [0.29, 0.717) is 36.6 Å². The lowest BCUT2D eigenvalue weighted by molar-refractivity contribution is 0.0403. The summed E-state index contributed by atoms with van der Waals surface area (Å²) < 4.78 is 11.0. The molecule has 2 aliphatic rings. The Morgan fingerprint density at radius 3 is 2.81 bits per heavy atom. The number of fused-ring (bicyclic) bond motifs is 1. The molecular weight excluding hydrogens is 330 g/mol. The smallest absolute Gasteiger partial charge is 0.355 e. The van der Waals surface area contributed by atoms with Gasteiger partial charge in [-0.05, 0) is 49.8 Å². The SMILES string of the molecule is Cc1c(C(=O)OCC2CCCCC2)[nH]c2c1C(=O)CC(c1ccco1)C2. The molecule has 138 valence electrons. The van der Waals surface area contributed by atoms with Crippen molar-refractivity contribution in [2.24, 2.45) is 5.92 Å². The first-order valence-corrected chi connectivity index (χ1v) is 9.58. The first-order valence-electron chi connectivity index (χ1n) is 9.58. The normalized spacial score (nSPS) is 20.8. The number of H-pyrrole nitrogens is 1. The highest BCUT2D eigenvalue weighted by atomic mass is 16.5. The molecule has 1 unspecified atom stereocenters. The molecule has 1 fully saturated rings. The fraction of sp³-hybridized carbons (Fsp3) is 0.524. The minimum absolute atomic E-state index is 0.0224. The Morgan fingerprint density at radius 2 is 2.08 bits per heavy atom. The number of hydrogen-bond acceptors (Lipinski definition) is 4. The number of carbonyl (C=O) groups excluding carboxylic acids is 2. The lowest BCUT2D eigenvalue weighted by Crippen LogP contribution is -2.18. The van der Waals surface area contributed by atoms with Gasteiger partial charge in [-0.15, -0.1) is 0 Å². The average molecular weight is 355 g/mol. The number of furan rings is 1. The van der Waals surface area contributed by atoms with E-state index in [1.165, 1.54) is 19.3 Å². The van der Waals surface area contributed by atoms with E-state index in [9.17, 15) is 9.59 Å². The van der Waals surface area contributed by atoms with Crippen LogP contribution in [0, 0.1) is 12.8 Å². The fourth-order valence-corrected chi connectivity index (χ4v) is 4.38. The highest BCUT2D eigenvalue weighted by Gasteiger charge is 2.33. The summed E-state index contributed by atoms with van der Waals surface area (Å²) in [5.74, 6) is 1.03. The van der Waals surface area contributed by atoms with Crippen molar-refractivity contribution in [2.75, 3.05) is 6.61 Å². The van der Waals surface area contributed by atoms with Gasteiger partial charge in [0.25, 0.3) is 0 Å². The number of nitrogens with one attached hydrogen (secondary N) is 1. The molecule has 2 heterocycles. The Morgan fingerprint density at radius 1 is 1.27 bits per heavy atom. The maximum Gasteiger partial charge on any atom is 0.355 e. The molecular formula is C21H25NO4. The van der Waals surface area contributed by atoms with Crippen molar-refractivity contribution >= 4 is 11.8 Å². The average Bonchev–Trinajstić information content (AvgIpc) is 3.29. The molecule has 0 bridgehead atoms. The predicted octanol–water partition coefficient (Wildman–Crippen LogP) is 4.57. The Kier molecular flexibility index (Phi) is 4.70. The van der Waals surface area contributed by atoms with Gasteiger partial charge in [0.1, 0.15) is 11.5 Å². The van der Waals surface area contributed by atoms with E-state index in [2.05, 4.69) is 4.98 Å². The molecule has 0 aliphatic heterocycles. The van der Waals surface area contributed by atoms with Crippen molar-refractivity contribution in [1.82, 2.24) is 4.98 Å². The number of Topliss-reactive ketones (excluding diaryl/α,β-unsaturated/α-hetero) is 1. The van der Waals surface area contributed by atoms with Crippen LogP contribution in [0.4, 0.5) is 0 Å². The van der Waals surface area contributed by atoms with Crippen LogP contribution in [0.3, 0.4) is 0 Å². The number of aromatic nitrogens is 1. The molecule has 1 saturated carbocycles. The van der Waals surface area contributed by atoms with Gasteiger partial charge in [0, 0.05) is 23.6 Å². The third-order valence-electron chi connectivity index (χ3n) is 5.81. The summed E-state index contributed by atoms with van der Waals surface area (Å²) in [7, 11) is 0. The molecule has 2 aromatic heterocycles. The second-order valence-electron chi connectivity index (χ2n) is 7.62. The van der Waals surface area contributed by atoms with Crippen LogP contribution in [0.5, 0.6) is 0 Å².